The highest BCUT2D eigenvalue weighted by Gasteiger charge is 2.10. The minimum atomic E-state index is 0.452. The van der Waals surface area contributed by atoms with E-state index in [-0.39, 0.29) is 0 Å². The first-order valence-electron chi connectivity index (χ1n) is 5.95. The van der Waals surface area contributed by atoms with Crippen LogP contribution in [0.25, 0.3) is 0 Å². The molecule has 0 fully saturated rings. The molecule has 0 atom stereocenters. The number of aldehydes is 1. The second-order valence-electron chi connectivity index (χ2n) is 4.57. The molecule has 0 unspecified atom stereocenters. The van der Waals surface area contributed by atoms with Gasteiger partial charge in [-0.3, -0.25) is 4.79 Å². The van der Waals surface area contributed by atoms with Crippen molar-refractivity contribution in [2.45, 2.75) is 20.3 Å². The normalized spacial score (nSPS) is 10.2. The van der Waals surface area contributed by atoms with Gasteiger partial charge in [-0.2, -0.15) is 5.26 Å². The molecule has 0 amide bonds. The topological polar surface area (TPSA) is 44.1 Å². The van der Waals surface area contributed by atoms with E-state index >= 15 is 0 Å². The summed E-state index contributed by atoms with van der Waals surface area (Å²) in [6.45, 7) is 5.78. The number of anilines is 1. The van der Waals surface area contributed by atoms with Crippen molar-refractivity contribution in [2.75, 3.05) is 18.0 Å². The Labute approximate surface area is 113 Å². The zero-order chi connectivity index (χ0) is 13.5. The van der Waals surface area contributed by atoms with E-state index in [0.717, 1.165) is 18.5 Å². The molecule has 96 valence electrons. The summed E-state index contributed by atoms with van der Waals surface area (Å²) in [5, 5.41) is 9.14. The lowest BCUT2D eigenvalue weighted by Gasteiger charge is -2.26. The first-order chi connectivity index (χ1) is 8.58. The van der Waals surface area contributed by atoms with Crippen molar-refractivity contribution in [1.82, 2.24) is 0 Å². The molecular weight excluding hydrogens is 248 g/mol. The van der Waals surface area contributed by atoms with Crippen LogP contribution in [0.3, 0.4) is 0 Å². The lowest BCUT2D eigenvalue weighted by atomic mass is 10.1. The predicted molar refractivity (Wildman–Crippen MR) is 74.1 cm³/mol. The summed E-state index contributed by atoms with van der Waals surface area (Å²) in [4.78, 5) is 12.8. The van der Waals surface area contributed by atoms with E-state index in [1.807, 2.05) is 6.07 Å². The van der Waals surface area contributed by atoms with Crippen LogP contribution in [0.15, 0.2) is 18.2 Å². The lowest BCUT2D eigenvalue weighted by molar-refractivity contribution is 0.112. The number of nitriles is 1. The van der Waals surface area contributed by atoms with Gasteiger partial charge < -0.3 is 4.90 Å². The minimum Gasteiger partial charge on any atom is -0.370 e. The summed E-state index contributed by atoms with van der Waals surface area (Å²) >= 11 is 6.02. The van der Waals surface area contributed by atoms with Crippen LogP contribution >= 0.6 is 11.6 Å². The van der Waals surface area contributed by atoms with Crippen LogP contribution in [-0.2, 0) is 0 Å². The number of hydrogen-bond donors (Lipinski definition) is 0. The Morgan fingerprint density at radius 2 is 2.22 bits per heavy atom. The molecule has 0 saturated heterocycles. The van der Waals surface area contributed by atoms with E-state index in [0.29, 0.717) is 29.5 Å². The molecule has 0 radical (unpaired) electrons. The summed E-state index contributed by atoms with van der Waals surface area (Å²) in [5.74, 6) is 0.494. The first-order valence-corrected chi connectivity index (χ1v) is 6.33. The molecule has 1 aromatic rings. The number of carbonyl (C=O) groups excluding carboxylic acids is 1. The molecule has 0 aliphatic carbocycles. The summed E-state index contributed by atoms with van der Waals surface area (Å²) < 4.78 is 0. The van der Waals surface area contributed by atoms with Gasteiger partial charge in [0.2, 0.25) is 0 Å². The molecule has 1 aromatic carbocycles. The SMILES string of the molecule is CC(C)CN(CCC#N)c1ccc(C=O)c(Cl)c1. The molecular formula is C14H17ClN2O. The third kappa shape index (κ3) is 4.05. The van der Waals surface area contributed by atoms with Crippen LogP contribution in [0.2, 0.25) is 5.02 Å². The maximum atomic E-state index is 10.7. The fourth-order valence-electron chi connectivity index (χ4n) is 1.76. The van der Waals surface area contributed by atoms with Crippen molar-refractivity contribution in [2.24, 2.45) is 5.92 Å². The molecule has 3 nitrogen and oxygen atoms in total. The quantitative estimate of drug-likeness (QED) is 0.739. The first kappa shape index (κ1) is 14.5. The molecule has 0 saturated carbocycles. The smallest absolute Gasteiger partial charge is 0.151 e. The fourth-order valence-corrected chi connectivity index (χ4v) is 1.98. The number of rotatable bonds is 6. The molecule has 1 rings (SSSR count). The molecule has 0 aromatic heterocycles. The Kier molecular flexibility index (Phi) is 5.67. The standard InChI is InChI=1S/C14H17ClN2O/c1-11(2)9-17(7-3-6-16)13-5-4-12(10-18)14(15)8-13/h4-5,8,10-11H,3,7,9H2,1-2H3. The third-order valence-electron chi connectivity index (χ3n) is 2.56. The number of nitrogens with zero attached hydrogens (tertiary/aromatic N) is 2. The average Bonchev–Trinajstić information content (AvgIpc) is 2.34. The number of carbonyl (C=O) groups is 1. The van der Waals surface area contributed by atoms with Gasteiger partial charge in [-0.15, -0.1) is 0 Å². The molecule has 0 aliphatic rings. The monoisotopic (exact) mass is 264 g/mol. The Hall–Kier alpha value is -1.53. The Morgan fingerprint density at radius 1 is 1.50 bits per heavy atom. The molecule has 0 spiro atoms. The molecule has 18 heavy (non-hydrogen) atoms. The lowest BCUT2D eigenvalue weighted by Crippen LogP contribution is -2.28. The van der Waals surface area contributed by atoms with E-state index in [4.69, 9.17) is 16.9 Å². The van der Waals surface area contributed by atoms with E-state index in [1.165, 1.54) is 0 Å². The van der Waals surface area contributed by atoms with Crippen LogP contribution in [-0.4, -0.2) is 19.4 Å². The predicted octanol–water partition coefficient (Wildman–Crippen LogP) is 3.53. The van der Waals surface area contributed by atoms with Gasteiger partial charge in [-0.05, 0) is 24.1 Å². The van der Waals surface area contributed by atoms with E-state index in [9.17, 15) is 4.79 Å². The van der Waals surface area contributed by atoms with Crippen LogP contribution in [0.5, 0.6) is 0 Å². The van der Waals surface area contributed by atoms with Gasteiger partial charge in [0.15, 0.2) is 6.29 Å². The minimum absolute atomic E-state index is 0.452. The number of halogens is 1. The van der Waals surface area contributed by atoms with E-state index in [2.05, 4.69) is 24.8 Å². The van der Waals surface area contributed by atoms with Gasteiger partial charge in [-0.25, -0.2) is 0 Å². The summed E-state index contributed by atoms with van der Waals surface area (Å²) in [5.41, 5.74) is 1.44. The van der Waals surface area contributed by atoms with Crippen molar-refractivity contribution in [3.8, 4) is 6.07 Å². The second kappa shape index (κ2) is 7.03. The van der Waals surface area contributed by atoms with Crippen LogP contribution in [0.4, 0.5) is 5.69 Å². The largest absolute Gasteiger partial charge is 0.370 e. The van der Waals surface area contributed by atoms with Gasteiger partial charge >= 0.3 is 0 Å². The van der Waals surface area contributed by atoms with Crippen molar-refractivity contribution in [3.63, 3.8) is 0 Å². The maximum Gasteiger partial charge on any atom is 0.151 e. The highest BCUT2D eigenvalue weighted by Crippen LogP contribution is 2.23. The zero-order valence-corrected chi connectivity index (χ0v) is 11.4. The van der Waals surface area contributed by atoms with Crippen molar-refractivity contribution >= 4 is 23.6 Å². The van der Waals surface area contributed by atoms with Gasteiger partial charge in [0.25, 0.3) is 0 Å². The van der Waals surface area contributed by atoms with Gasteiger partial charge in [-0.1, -0.05) is 25.4 Å². The fraction of sp³-hybridized carbons (Fsp3) is 0.429. The average molecular weight is 265 g/mol. The summed E-state index contributed by atoms with van der Waals surface area (Å²) in [7, 11) is 0. The Balaban J connectivity index is 2.93. The number of benzene rings is 1. The molecule has 0 aliphatic heterocycles. The third-order valence-corrected chi connectivity index (χ3v) is 2.88. The second-order valence-corrected chi connectivity index (χ2v) is 4.98. The van der Waals surface area contributed by atoms with Crippen LogP contribution < -0.4 is 4.90 Å². The van der Waals surface area contributed by atoms with Gasteiger partial charge in [0.1, 0.15) is 0 Å². The van der Waals surface area contributed by atoms with Gasteiger partial charge in [0.05, 0.1) is 17.5 Å². The number of hydrogen-bond acceptors (Lipinski definition) is 3. The molecule has 0 heterocycles. The summed E-state index contributed by atoms with van der Waals surface area (Å²) in [6.07, 6.45) is 1.22. The Bertz CT molecular complexity index is 452. The maximum absolute atomic E-state index is 10.7. The molecule has 0 bridgehead atoms. The van der Waals surface area contributed by atoms with Crippen molar-refractivity contribution in [1.29, 1.82) is 5.26 Å². The van der Waals surface area contributed by atoms with Crippen LogP contribution in [0, 0.1) is 17.2 Å². The highest BCUT2D eigenvalue weighted by atomic mass is 35.5. The molecule has 4 heteroatoms. The molecule has 0 N–H and O–H groups in total. The Morgan fingerprint density at radius 3 is 2.72 bits per heavy atom. The van der Waals surface area contributed by atoms with Gasteiger partial charge in [0, 0.05) is 24.3 Å². The van der Waals surface area contributed by atoms with E-state index < -0.39 is 0 Å². The van der Waals surface area contributed by atoms with Crippen molar-refractivity contribution in [3.05, 3.63) is 28.8 Å². The van der Waals surface area contributed by atoms with Crippen molar-refractivity contribution < 1.29 is 4.79 Å². The van der Waals surface area contributed by atoms with E-state index in [1.54, 1.807) is 12.1 Å². The summed E-state index contributed by atoms with van der Waals surface area (Å²) in [6, 6.07) is 7.51. The van der Waals surface area contributed by atoms with Crippen LogP contribution in [0.1, 0.15) is 30.6 Å². The highest BCUT2D eigenvalue weighted by molar-refractivity contribution is 6.33. The zero-order valence-electron chi connectivity index (χ0n) is 10.7.